The van der Waals surface area contributed by atoms with Gasteiger partial charge in [-0.3, -0.25) is 14.7 Å². The van der Waals surface area contributed by atoms with E-state index >= 15 is 0 Å². The number of ketones is 1. The number of nitrogens with zero attached hydrogens (tertiary/aromatic N) is 3. The number of halogens is 3. The van der Waals surface area contributed by atoms with Gasteiger partial charge in [0.2, 0.25) is 0 Å². The Balaban J connectivity index is 1.52. The van der Waals surface area contributed by atoms with E-state index in [0.717, 1.165) is 21.4 Å². The molecule has 0 bridgehead atoms. The van der Waals surface area contributed by atoms with Crippen molar-refractivity contribution in [1.82, 2.24) is 5.32 Å². The molecule has 3 aliphatic heterocycles. The highest BCUT2D eigenvalue weighted by Crippen LogP contribution is 2.35. The summed E-state index contributed by atoms with van der Waals surface area (Å²) in [6.45, 7) is 2.70. The second kappa shape index (κ2) is 7.85. The Morgan fingerprint density at radius 1 is 1.27 bits per heavy atom. The van der Waals surface area contributed by atoms with Gasteiger partial charge in [0.15, 0.2) is 23.2 Å². The predicted octanol–water partition coefficient (Wildman–Crippen LogP) is 2.67. The number of rotatable bonds is 4. The van der Waals surface area contributed by atoms with Gasteiger partial charge in [-0.1, -0.05) is 0 Å². The molecule has 1 saturated heterocycles. The molecule has 1 fully saturated rings. The molecule has 4 rings (SSSR count). The van der Waals surface area contributed by atoms with Crippen LogP contribution in [-0.2, 0) is 9.53 Å². The van der Waals surface area contributed by atoms with Crippen LogP contribution in [0, 0.1) is 17.5 Å². The normalized spacial score (nSPS) is 21.1. The van der Waals surface area contributed by atoms with Gasteiger partial charge in [0.05, 0.1) is 25.3 Å². The molecule has 0 radical (unpaired) electrons. The molecule has 7 nitrogen and oxygen atoms in total. The smallest absolute Gasteiger partial charge is 0.414 e. The first-order valence-electron chi connectivity index (χ1n) is 9.42. The molecule has 0 saturated carbocycles. The van der Waals surface area contributed by atoms with Crippen LogP contribution < -0.4 is 15.1 Å². The van der Waals surface area contributed by atoms with Crippen molar-refractivity contribution in [3.8, 4) is 0 Å². The first-order chi connectivity index (χ1) is 14.3. The average molecular weight is 420 g/mol. The van der Waals surface area contributed by atoms with Gasteiger partial charge in [-0.05, 0) is 24.6 Å². The molecule has 1 amide bonds. The number of nitrogens with one attached hydrogen (secondary N) is 1. The van der Waals surface area contributed by atoms with Crippen LogP contribution in [0.25, 0.3) is 0 Å². The third kappa shape index (κ3) is 3.77. The lowest BCUT2D eigenvalue weighted by atomic mass is 10.1. The highest BCUT2D eigenvalue weighted by atomic mass is 19.2. The predicted molar refractivity (Wildman–Crippen MR) is 104 cm³/mol. The third-order valence-electron chi connectivity index (χ3n) is 5.00. The third-order valence-corrected chi connectivity index (χ3v) is 5.00. The van der Waals surface area contributed by atoms with E-state index in [4.69, 9.17) is 4.74 Å². The van der Waals surface area contributed by atoms with Gasteiger partial charge in [0.25, 0.3) is 0 Å². The van der Waals surface area contributed by atoms with E-state index < -0.39 is 41.0 Å². The van der Waals surface area contributed by atoms with Gasteiger partial charge in [0, 0.05) is 25.2 Å². The first-order valence-corrected chi connectivity index (χ1v) is 9.42. The number of hydrogen-bond acceptors (Lipinski definition) is 6. The molecule has 0 aromatic heterocycles. The van der Waals surface area contributed by atoms with Crippen LogP contribution in [0.15, 0.2) is 35.0 Å². The van der Waals surface area contributed by atoms with Crippen molar-refractivity contribution in [2.24, 2.45) is 4.99 Å². The van der Waals surface area contributed by atoms with Crippen molar-refractivity contribution < 1.29 is 27.5 Å². The fourth-order valence-electron chi connectivity index (χ4n) is 3.47. The van der Waals surface area contributed by atoms with Crippen molar-refractivity contribution in [3.63, 3.8) is 0 Å². The lowest BCUT2D eigenvalue weighted by Crippen LogP contribution is -2.34. The Kier molecular flexibility index (Phi) is 5.23. The van der Waals surface area contributed by atoms with Crippen LogP contribution in [0.4, 0.5) is 29.3 Å². The Hall–Kier alpha value is -3.30. The van der Waals surface area contributed by atoms with Crippen LogP contribution in [0.3, 0.4) is 0 Å². The molecule has 1 aromatic carbocycles. The molecular weight excluding hydrogens is 401 g/mol. The van der Waals surface area contributed by atoms with Crippen LogP contribution in [0.2, 0.25) is 0 Å². The SMILES string of the molecule is CC1=CC(NC[C@H]2CN(c3cc(F)c(N4C=CC(=O)CC4)c(F)c3F)C(=O)O2)=NC1. The zero-order chi connectivity index (χ0) is 21.4. The summed E-state index contributed by atoms with van der Waals surface area (Å²) >= 11 is 0. The molecule has 158 valence electrons. The number of hydrogen-bond donors (Lipinski definition) is 1. The van der Waals surface area contributed by atoms with Crippen molar-refractivity contribution in [1.29, 1.82) is 0 Å². The Labute approximate surface area is 170 Å². The van der Waals surface area contributed by atoms with E-state index in [1.165, 1.54) is 12.3 Å². The van der Waals surface area contributed by atoms with Gasteiger partial charge in [0.1, 0.15) is 17.6 Å². The summed E-state index contributed by atoms with van der Waals surface area (Å²) in [4.78, 5) is 29.7. The van der Waals surface area contributed by atoms with Crippen LogP contribution in [0.1, 0.15) is 13.3 Å². The largest absolute Gasteiger partial charge is 0.442 e. The van der Waals surface area contributed by atoms with Gasteiger partial charge < -0.3 is 15.0 Å². The molecule has 0 aliphatic carbocycles. The van der Waals surface area contributed by atoms with Crippen LogP contribution in [-0.4, -0.2) is 50.0 Å². The summed E-state index contributed by atoms with van der Waals surface area (Å²) in [5.74, 6) is -3.36. The second-order valence-electron chi connectivity index (χ2n) is 7.27. The van der Waals surface area contributed by atoms with E-state index in [1.807, 2.05) is 13.0 Å². The van der Waals surface area contributed by atoms with E-state index in [9.17, 15) is 22.8 Å². The molecule has 3 heterocycles. The van der Waals surface area contributed by atoms with E-state index in [2.05, 4.69) is 10.3 Å². The lowest BCUT2D eigenvalue weighted by Gasteiger charge is -2.25. The Morgan fingerprint density at radius 2 is 2.07 bits per heavy atom. The number of aliphatic imine (C=N–C) groups is 1. The maximum atomic E-state index is 14.7. The number of carbonyl (C=O) groups is 2. The fourth-order valence-corrected chi connectivity index (χ4v) is 3.47. The van der Waals surface area contributed by atoms with Crippen molar-refractivity contribution in [2.75, 3.05) is 36.0 Å². The maximum absolute atomic E-state index is 14.7. The van der Waals surface area contributed by atoms with Crippen LogP contribution in [0.5, 0.6) is 0 Å². The van der Waals surface area contributed by atoms with Crippen molar-refractivity contribution >= 4 is 29.1 Å². The first kappa shape index (κ1) is 20.0. The van der Waals surface area contributed by atoms with E-state index in [1.54, 1.807) is 0 Å². The summed E-state index contributed by atoms with van der Waals surface area (Å²) in [7, 11) is 0. The van der Waals surface area contributed by atoms with Gasteiger partial charge in [-0.15, -0.1) is 0 Å². The Bertz CT molecular complexity index is 1010. The number of allylic oxidation sites excluding steroid dienone is 1. The van der Waals surface area contributed by atoms with Gasteiger partial charge in [-0.2, -0.15) is 0 Å². The topological polar surface area (TPSA) is 74.2 Å². The minimum Gasteiger partial charge on any atom is -0.442 e. The number of ether oxygens (including phenoxy) is 1. The molecule has 0 spiro atoms. The maximum Gasteiger partial charge on any atom is 0.414 e. The zero-order valence-electron chi connectivity index (χ0n) is 16.1. The highest BCUT2D eigenvalue weighted by molar-refractivity contribution is 5.95. The van der Waals surface area contributed by atoms with Crippen LogP contribution >= 0.6 is 0 Å². The molecule has 1 N–H and O–H groups in total. The monoisotopic (exact) mass is 420 g/mol. The quantitative estimate of drug-likeness (QED) is 0.759. The molecule has 1 aromatic rings. The molecular formula is C20H19F3N4O3. The van der Waals surface area contributed by atoms with E-state index in [0.29, 0.717) is 12.4 Å². The zero-order valence-corrected chi connectivity index (χ0v) is 16.1. The molecule has 30 heavy (non-hydrogen) atoms. The summed E-state index contributed by atoms with van der Waals surface area (Å²) < 4.78 is 49.3. The lowest BCUT2D eigenvalue weighted by molar-refractivity contribution is -0.114. The number of amides is 1. The molecule has 10 heteroatoms. The summed E-state index contributed by atoms with van der Waals surface area (Å²) in [5.41, 5.74) is -0.0528. The number of benzene rings is 1. The fraction of sp³-hybridized carbons (Fsp3) is 0.350. The highest BCUT2D eigenvalue weighted by Gasteiger charge is 2.36. The summed E-state index contributed by atoms with van der Waals surface area (Å²) in [6.07, 6.45) is 2.77. The molecule has 3 aliphatic rings. The number of cyclic esters (lactones) is 1. The number of anilines is 2. The van der Waals surface area contributed by atoms with Crippen molar-refractivity contribution in [3.05, 3.63) is 47.4 Å². The average Bonchev–Trinajstić information content (AvgIpc) is 3.29. The summed E-state index contributed by atoms with van der Waals surface area (Å²) in [5, 5.41) is 3.03. The Morgan fingerprint density at radius 3 is 2.73 bits per heavy atom. The van der Waals surface area contributed by atoms with Gasteiger partial charge in [-0.25, -0.2) is 18.0 Å². The summed E-state index contributed by atoms with van der Waals surface area (Å²) in [6, 6.07) is 0.766. The number of amidine groups is 1. The molecule has 0 unspecified atom stereocenters. The minimum atomic E-state index is -1.43. The second-order valence-corrected chi connectivity index (χ2v) is 7.27. The minimum absolute atomic E-state index is 0.0271. The van der Waals surface area contributed by atoms with E-state index in [-0.39, 0.29) is 31.8 Å². The number of carbonyl (C=O) groups excluding carboxylic acids is 2. The van der Waals surface area contributed by atoms with Gasteiger partial charge >= 0.3 is 6.09 Å². The molecule has 1 atom stereocenters. The standard InChI is InChI=1S/C20H19F3N4O3/c1-11-6-16(24-8-11)25-9-13-10-27(20(29)30-13)15-7-14(21)19(18(23)17(15)22)26-4-2-12(28)3-5-26/h2,4,6-7,13H,3,5,8-10H2,1H3,(H,24,25)/t13-/m0/s1. The van der Waals surface area contributed by atoms with Crippen molar-refractivity contribution in [2.45, 2.75) is 19.4 Å².